The Bertz CT molecular complexity index is 474. The molecule has 0 bridgehead atoms. The Morgan fingerprint density at radius 2 is 2.33 bits per heavy atom. The zero-order valence-electron chi connectivity index (χ0n) is 10.9. The van der Waals surface area contributed by atoms with E-state index in [1.165, 1.54) is 0 Å². The lowest BCUT2D eigenvalue weighted by Crippen LogP contribution is -2.38. The molecule has 3 atom stereocenters. The van der Waals surface area contributed by atoms with Crippen LogP contribution >= 0.6 is 0 Å². The third-order valence-electron chi connectivity index (χ3n) is 4.34. The van der Waals surface area contributed by atoms with E-state index in [1.54, 1.807) is 6.20 Å². The molecule has 3 unspecified atom stereocenters. The van der Waals surface area contributed by atoms with Gasteiger partial charge in [-0.1, -0.05) is 0 Å². The first-order valence-corrected chi connectivity index (χ1v) is 6.61. The maximum Gasteiger partial charge on any atom is 0.254 e. The molecule has 2 fully saturated rings. The van der Waals surface area contributed by atoms with Gasteiger partial charge in [-0.15, -0.1) is 0 Å². The average Bonchev–Trinajstić information content (AvgIpc) is 2.92. The highest BCUT2D eigenvalue weighted by Crippen LogP contribution is 2.33. The van der Waals surface area contributed by atoms with Crippen molar-refractivity contribution in [1.82, 2.24) is 15.2 Å². The molecule has 96 valence electrons. The quantitative estimate of drug-likeness (QED) is 0.805. The minimum Gasteiger partial charge on any atom is -0.335 e. The van der Waals surface area contributed by atoms with E-state index < -0.39 is 0 Å². The first-order valence-electron chi connectivity index (χ1n) is 6.61. The highest BCUT2D eigenvalue weighted by atomic mass is 16.2. The fraction of sp³-hybridized carbons (Fsp3) is 0.571. The normalized spacial score (nSPS) is 30.6. The third-order valence-corrected chi connectivity index (χ3v) is 4.34. The third kappa shape index (κ3) is 1.81. The summed E-state index contributed by atoms with van der Waals surface area (Å²) in [5.74, 6) is 1.41. The van der Waals surface area contributed by atoms with Crippen molar-refractivity contribution >= 4 is 5.91 Å². The van der Waals surface area contributed by atoms with Crippen molar-refractivity contribution in [2.75, 3.05) is 19.6 Å². The molecule has 4 heteroatoms. The Kier molecular flexibility index (Phi) is 2.82. The zero-order chi connectivity index (χ0) is 12.7. The van der Waals surface area contributed by atoms with Gasteiger partial charge in [0.25, 0.3) is 5.91 Å². The lowest BCUT2D eigenvalue weighted by molar-refractivity contribution is 0.0728. The van der Waals surface area contributed by atoms with Crippen LogP contribution in [0.3, 0.4) is 0 Å². The van der Waals surface area contributed by atoms with Crippen LogP contribution < -0.4 is 5.32 Å². The molecule has 2 aliphatic heterocycles. The maximum atomic E-state index is 12.5. The summed E-state index contributed by atoms with van der Waals surface area (Å²) in [5, 5.41) is 3.42. The van der Waals surface area contributed by atoms with Crippen LogP contribution in [0.1, 0.15) is 23.0 Å². The molecule has 1 amide bonds. The molecular formula is C14H19N3O. The van der Waals surface area contributed by atoms with Gasteiger partial charge in [-0.25, -0.2) is 0 Å². The van der Waals surface area contributed by atoms with Gasteiger partial charge in [-0.2, -0.15) is 0 Å². The molecule has 1 aromatic rings. The van der Waals surface area contributed by atoms with Crippen LogP contribution in [0.25, 0.3) is 0 Å². The van der Waals surface area contributed by atoms with Gasteiger partial charge in [-0.3, -0.25) is 9.78 Å². The smallest absolute Gasteiger partial charge is 0.254 e. The van der Waals surface area contributed by atoms with Crippen LogP contribution in [-0.4, -0.2) is 41.5 Å². The first kappa shape index (κ1) is 11.7. The van der Waals surface area contributed by atoms with E-state index in [2.05, 4.69) is 17.2 Å². The van der Waals surface area contributed by atoms with Gasteiger partial charge in [0.1, 0.15) is 0 Å². The molecule has 4 nitrogen and oxygen atoms in total. The van der Waals surface area contributed by atoms with Crippen LogP contribution in [0.2, 0.25) is 0 Å². The molecule has 2 aliphatic rings. The van der Waals surface area contributed by atoms with E-state index in [9.17, 15) is 4.79 Å². The summed E-state index contributed by atoms with van der Waals surface area (Å²) < 4.78 is 0. The number of hydrogen-bond acceptors (Lipinski definition) is 3. The average molecular weight is 245 g/mol. The van der Waals surface area contributed by atoms with Gasteiger partial charge in [0.2, 0.25) is 0 Å². The predicted molar refractivity (Wildman–Crippen MR) is 69.3 cm³/mol. The largest absolute Gasteiger partial charge is 0.335 e. The Morgan fingerprint density at radius 1 is 1.50 bits per heavy atom. The highest BCUT2D eigenvalue weighted by molar-refractivity contribution is 5.94. The van der Waals surface area contributed by atoms with Crippen molar-refractivity contribution in [3.8, 4) is 0 Å². The van der Waals surface area contributed by atoms with E-state index in [0.29, 0.717) is 17.9 Å². The van der Waals surface area contributed by atoms with E-state index in [-0.39, 0.29) is 5.91 Å². The molecule has 3 heterocycles. The second kappa shape index (κ2) is 4.35. The van der Waals surface area contributed by atoms with Crippen molar-refractivity contribution in [3.63, 3.8) is 0 Å². The Balaban J connectivity index is 1.81. The summed E-state index contributed by atoms with van der Waals surface area (Å²) in [7, 11) is 0. The van der Waals surface area contributed by atoms with Crippen molar-refractivity contribution in [1.29, 1.82) is 0 Å². The zero-order valence-corrected chi connectivity index (χ0v) is 10.9. The monoisotopic (exact) mass is 245 g/mol. The summed E-state index contributed by atoms with van der Waals surface area (Å²) in [6.07, 6.45) is 1.71. The number of carbonyl (C=O) groups excluding carboxylic acids is 1. The molecule has 2 saturated heterocycles. The highest BCUT2D eigenvalue weighted by Gasteiger charge is 2.43. The number of carbonyl (C=O) groups is 1. The second-order valence-electron chi connectivity index (χ2n) is 5.47. The second-order valence-corrected chi connectivity index (χ2v) is 5.47. The number of hydrogen-bond donors (Lipinski definition) is 1. The standard InChI is InChI=1S/C14H19N3O/c1-9-5-11(3-4-16-9)14(18)17-8-12-6-15-7-13(12)10(17)2/h3-5,10,12-13,15H,6-8H2,1-2H3. The molecule has 0 saturated carbocycles. The van der Waals surface area contributed by atoms with Gasteiger partial charge in [-0.05, 0) is 37.8 Å². The van der Waals surface area contributed by atoms with Gasteiger partial charge < -0.3 is 10.2 Å². The van der Waals surface area contributed by atoms with Gasteiger partial charge >= 0.3 is 0 Å². The number of amides is 1. The van der Waals surface area contributed by atoms with Crippen LogP contribution in [-0.2, 0) is 0 Å². The molecule has 0 spiro atoms. The SMILES string of the molecule is Cc1cc(C(=O)N2CC3CNCC3C2C)ccn1. The molecular weight excluding hydrogens is 226 g/mol. The lowest BCUT2D eigenvalue weighted by Gasteiger charge is -2.24. The van der Waals surface area contributed by atoms with Crippen LogP contribution in [0.15, 0.2) is 18.3 Å². The van der Waals surface area contributed by atoms with Crippen LogP contribution in [0.4, 0.5) is 0 Å². The predicted octanol–water partition coefficient (Wildman–Crippen LogP) is 1.07. The molecule has 3 rings (SSSR count). The molecule has 0 radical (unpaired) electrons. The number of nitrogens with one attached hydrogen (secondary N) is 1. The van der Waals surface area contributed by atoms with Crippen LogP contribution in [0, 0.1) is 18.8 Å². The summed E-state index contributed by atoms with van der Waals surface area (Å²) in [6.45, 7) is 7.07. The molecule has 1 N–H and O–H groups in total. The van der Waals surface area contributed by atoms with Crippen LogP contribution in [0.5, 0.6) is 0 Å². The van der Waals surface area contributed by atoms with E-state index in [1.807, 2.05) is 24.0 Å². The fourth-order valence-corrected chi connectivity index (χ4v) is 3.28. The molecule has 1 aromatic heterocycles. The lowest BCUT2D eigenvalue weighted by atomic mass is 9.95. The van der Waals surface area contributed by atoms with E-state index >= 15 is 0 Å². The first-order chi connectivity index (χ1) is 8.66. The maximum absolute atomic E-state index is 12.5. The Hall–Kier alpha value is -1.42. The van der Waals surface area contributed by atoms with E-state index in [0.717, 1.165) is 30.9 Å². The number of fused-ring (bicyclic) bond motifs is 1. The van der Waals surface area contributed by atoms with Crippen molar-refractivity contribution in [3.05, 3.63) is 29.6 Å². The number of likely N-dealkylation sites (tertiary alicyclic amines) is 1. The topological polar surface area (TPSA) is 45.2 Å². The fourth-order valence-electron chi connectivity index (χ4n) is 3.28. The van der Waals surface area contributed by atoms with Crippen molar-refractivity contribution in [2.45, 2.75) is 19.9 Å². The number of aromatic nitrogens is 1. The Morgan fingerprint density at radius 3 is 3.06 bits per heavy atom. The van der Waals surface area contributed by atoms with Crippen molar-refractivity contribution < 1.29 is 4.79 Å². The number of rotatable bonds is 1. The molecule has 18 heavy (non-hydrogen) atoms. The summed E-state index contributed by atoms with van der Waals surface area (Å²) in [6, 6.07) is 4.03. The van der Waals surface area contributed by atoms with E-state index in [4.69, 9.17) is 0 Å². The van der Waals surface area contributed by atoms with Crippen molar-refractivity contribution in [2.24, 2.45) is 11.8 Å². The minimum absolute atomic E-state index is 0.155. The van der Waals surface area contributed by atoms with Gasteiger partial charge in [0.15, 0.2) is 0 Å². The van der Waals surface area contributed by atoms with Gasteiger partial charge in [0, 0.05) is 43.1 Å². The van der Waals surface area contributed by atoms with Gasteiger partial charge in [0.05, 0.1) is 0 Å². The number of aryl methyl sites for hydroxylation is 1. The summed E-state index contributed by atoms with van der Waals surface area (Å²) in [5.41, 5.74) is 1.66. The number of nitrogens with zero attached hydrogens (tertiary/aromatic N) is 2. The molecule has 0 aromatic carbocycles. The minimum atomic E-state index is 0.155. The number of pyridine rings is 1. The molecule has 0 aliphatic carbocycles. The summed E-state index contributed by atoms with van der Waals surface area (Å²) in [4.78, 5) is 18.7. The Labute approximate surface area is 107 Å². The summed E-state index contributed by atoms with van der Waals surface area (Å²) >= 11 is 0.